The van der Waals surface area contributed by atoms with E-state index in [2.05, 4.69) is 13.8 Å². The fourth-order valence-electron chi connectivity index (χ4n) is 5.14. The molecule has 208 valence electrons. The van der Waals surface area contributed by atoms with Gasteiger partial charge in [-0.15, -0.1) is 0 Å². The van der Waals surface area contributed by atoms with E-state index >= 15 is 0 Å². The molecule has 7 heteroatoms. The van der Waals surface area contributed by atoms with Crippen molar-refractivity contribution >= 4 is 0 Å². The largest absolute Gasteiger partial charge is 0.394 e. The van der Waals surface area contributed by atoms with Gasteiger partial charge in [-0.2, -0.15) is 0 Å². The maximum absolute atomic E-state index is 11.2. The van der Waals surface area contributed by atoms with Crippen LogP contribution in [0.5, 0.6) is 0 Å². The third-order valence-electron chi connectivity index (χ3n) is 7.42. The summed E-state index contributed by atoms with van der Waals surface area (Å²) in [6.45, 7) is 5.82. The topological polar surface area (TPSA) is 89.9 Å². The molecule has 2 saturated heterocycles. The second kappa shape index (κ2) is 18.1. The highest BCUT2D eigenvalue weighted by molar-refractivity contribution is 5.03. The fraction of sp³-hybridized carbons (Fsp3) is 1.00. The van der Waals surface area contributed by atoms with E-state index in [4.69, 9.17) is 23.7 Å². The van der Waals surface area contributed by atoms with Crippen molar-refractivity contribution in [2.75, 3.05) is 33.5 Å². The third kappa shape index (κ3) is 10.5. The van der Waals surface area contributed by atoms with Gasteiger partial charge in [-0.1, -0.05) is 97.3 Å². The molecule has 2 aliphatic heterocycles. The summed E-state index contributed by atoms with van der Waals surface area (Å²) < 4.78 is 30.0. The number of aliphatic hydroxyl groups is 2. The second-order valence-electron chi connectivity index (χ2n) is 10.4. The van der Waals surface area contributed by atoms with Gasteiger partial charge in [0, 0.05) is 13.7 Å². The zero-order chi connectivity index (χ0) is 25.4. The third-order valence-corrected chi connectivity index (χ3v) is 7.42. The minimum absolute atomic E-state index is 0.0788. The lowest BCUT2D eigenvalue weighted by Gasteiger charge is -2.51. The van der Waals surface area contributed by atoms with E-state index in [-0.39, 0.29) is 12.7 Å². The zero-order valence-electron chi connectivity index (χ0n) is 22.8. The van der Waals surface area contributed by atoms with Gasteiger partial charge in [0.25, 0.3) is 0 Å². The van der Waals surface area contributed by atoms with Gasteiger partial charge in [0.2, 0.25) is 0 Å². The standard InChI is InChI=1S/C28H54O7/c1-4-6-8-10-11-12-13-15-17-19-32-26-25(30)24(20-29)35-27(31-3)28(26,34-22-23-21-33-23)18-16-14-9-7-5-2/h23-27,29-30H,4-22H2,1-3H3/t23?,24-,25-,26+,27?,28-/m1/s1. The number of hydrogen-bond acceptors (Lipinski definition) is 7. The second-order valence-corrected chi connectivity index (χ2v) is 10.4. The van der Waals surface area contributed by atoms with Gasteiger partial charge in [-0.3, -0.25) is 0 Å². The number of epoxide rings is 1. The quantitative estimate of drug-likeness (QED) is 0.156. The molecule has 2 rings (SSSR count). The molecule has 35 heavy (non-hydrogen) atoms. The first kappa shape index (κ1) is 30.9. The lowest BCUT2D eigenvalue weighted by Crippen LogP contribution is -2.69. The van der Waals surface area contributed by atoms with Crippen LogP contribution in [0.4, 0.5) is 0 Å². The van der Waals surface area contributed by atoms with Crippen LogP contribution in [0.25, 0.3) is 0 Å². The predicted octanol–water partition coefficient (Wildman–Crippen LogP) is 5.14. The normalized spacial score (nSPS) is 30.6. The van der Waals surface area contributed by atoms with Crippen molar-refractivity contribution in [3.63, 3.8) is 0 Å². The minimum atomic E-state index is -0.985. The Morgan fingerprint density at radius 1 is 0.857 bits per heavy atom. The van der Waals surface area contributed by atoms with E-state index in [9.17, 15) is 10.2 Å². The van der Waals surface area contributed by atoms with Crippen LogP contribution in [0.3, 0.4) is 0 Å². The molecular weight excluding hydrogens is 448 g/mol. The number of aliphatic hydroxyl groups excluding tert-OH is 2. The molecule has 0 amide bonds. The molecule has 0 aromatic heterocycles. The molecule has 0 radical (unpaired) electrons. The molecule has 0 saturated carbocycles. The Morgan fingerprint density at radius 3 is 1.97 bits per heavy atom. The summed E-state index contributed by atoms with van der Waals surface area (Å²) in [6, 6.07) is 0. The van der Waals surface area contributed by atoms with Gasteiger partial charge in [0.1, 0.15) is 30.0 Å². The van der Waals surface area contributed by atoms with Crippen molar-refractivity contribution in [1.82, 2.24) is 0 Å². The van der Waals surface area contributed by atoms with Crippen molar-refractivity contribution in [3.8, 4) is 0 Å². The maximum atomic E-state index is 11.2. The summed E-state index contributed by atoms with van der Waals surface area (Å²) >= 11 is 0. The monoisotopic (exact) mass is 502 g/mol. The average Bonchev–Trinajstić information content (AvgIpc) is 3.70. The van der Waals surface area contributed by atoms with E-state index in [1.807, 2.05) is 0 Å². The molecule has 0 aromatic carbocycles. The first-order valence-electron chi connectivity index (χ1n) is 14.5. The molecule has 2 unspecified atom stereocenters. The Bertz CT molecular complexity index is 516. The van der Waals surface area contributed by atoms with E-state index in [0.717, 1.165) is 25.7 Å². The lowest BCUT2D eigenvalue weighted by atomic mass is 9.81. The molecule has 0 aliphatic carbocycles. The van der Waals surface area contributed by atoms with Crippen LogP contribution in [0.2, 0.25) is 0 Å². The van der Waals surface area contributed by atoms with Gasteiger partial charge < -0.3 is 33.9 Å². The predicted molar refractivity (Wildman–Crippen MR) is 138 cm³/mol. The van der Waals surface area contributed by atoms with Gasteiger partial charge in [0.05, 0.1) is 19.8 Å². The molecule has 2 fully saturated rings. The summed E-state index contributed by atoms with van der Waals surface area (Å²) in [7, 11) is 1.59. The Labute approximate surface area is 214 Å². The maximum Gasteiger partial charge on any atom is 0.189 e. The Morgan fingerprint density at radius 2 is 1.43 bits per heavy atom. The van der Waals surface area contributed by atoms with Crippen molar-refractivity contribution in [3.05, 3.63) is 0 Å². The summed E-state index contributed by atoms with van der Waals surface area (Å²) in [6.07, 6.45) is 14.4. The van der Waals surface area contributed by atoms with Crippen molar-refractivity contribution in [2.24, 2.45) is 0 Å². The SMILES string of the molecule is CCCCCCCCCCCO[C@H]1[C@H](O)[C@@H](CO)OC(OC)[C@]1(CCCCCCC)OCC1CO1. The van der Waals surface area contributed by atoms with Gasteiger partial charge in [0.15, 0.2) is 6.29 Å². The van der Waals surface area contributed by atoms with E-state index in [1.165, 1.54) is 64.2 Å². The van der Waals surface area contributed by atoms with Crippen LogP contribution >= 0.6 is 0 Å². The molecule has 2 heterocycles. The molecule has 0 aromatic rings. The van der Waals surface area contributed by atoms with Crippen molar-refractivity contribution in [2.45, 2.75) is 146 Å². The molecule has 0 bridgehead atoms. The van der Waals surface area contributed by atoms with E-state index < -0.39 is 30.2 Å². The first-order valence-corrected chi connectivity index (χ1v) is 14.5. The molecule has 2 N–H and O–H groups in total. The number of rotatable bonds is 22. The van der Waals surface area contributed by atoms with Crippen LogP contribution in [-0.4, -0.2) is 80.1 Å². The number of ether oxygens (including phenoxy) is 5. The summed E-state index contributed by atoms with van der Waals surface area (Å²) in [5, 5.41) is 21.0. The van der Waals surface area contributed by atoms with Crippen LogP contribution in [-0.2, 0) is 23.7 Å². The smallest absolute Gasteiger partial charge is 0.189 e. The zero-order valence-corrected chi connectivity index (χ0v) is 22.8. The Kier molecular flexibility index (Phi) is 16.0. The number of hydrogen-bond donors (Lipinski definition) is 2. The Balaban J connectivity index is 1.96. The van der Waals surface area contributed by atoms with E-state index in [1.54, 1.807) is 7.11 Å². The number of unbranched alkanes of at least 4 members (excludes halogenated alkanes) is 12. The van der Waals surface area contributed by atoms with Gasteiger partial charge in [-0.05, 0) is 12.8 Å². The van der Waals surface area contributed by atoms with Crippen molar-refractivity contribution < 1.29 is 33.9 Å². The average molecular weight is 503 g/mol. The molecular formula is C28H54O7. The van der Waals surface area contributed by atoms with Crippen LogP contribution in [0.1, 0.15) is 110 Å². The summed E-state index contributed by atoms with van der Waals surface area (Å²) in [5.74, 6) is 0. The Hall–Kier alpha value is -0.280. The molecule has 2 aliphatic rings. The van der Waals surface area contributed by atoms with Gasteiger partial charge in [-0.25, -0.2) is 0 Å². The molecule has 0 spiro atoms. The fourth-order valence-corrected chi connectivity index (χ4v) is 5.14. The molecule has 7 nitrogen and oxygen atoms in total. The highest BCUT2D eigenvalue weighted by Gasteiger charge is 2.58. The van der Waals surface area contributed by atoms with Gasteiger partial charge >= 0.3 is 0 Å². The number of methoxy groups -OCH3 is 1. The van der Waals surface area contributed by atoms with Crippen LogP contribution < -0.4 is 0 Å². The van der Waals surface area contributed by atoms with Crippen LogP contribution in [0.15, 0.2) is 0 Å². The highest BCUT2D eigenvalue weighted by atomic mass is 16.7. The van der Waals surface area contributed by atoms with E-state index in [0.29, 0.717) is 26.2 Å². The van der Waals surface area contributed by atoms with Crippen LogP contribution in [0, 0.1) is 0 Å². The minimum Gasteiger partial charge on any atom is -0.394 e. The summed E-state index contributed by atoms with van der Waals surface area (Å²) in [5.41, 5.74) is -0.933. The van der Waals surface area contributed by atoms with Crippen molar-refractivity contribution in [1.29, 1.82) is 0 Å². The summed E-state index contributed by atoms with van der Waals surface area (Å²) in [4.78, 5) is 0. The molecule has 6 atom stereocenters. The first-order chi connectivity index (χ1) is 17.1. The highest BCUT2D eigenvalue weighted by Crippen LogP contribution is 2.40. The lowest BCUT2D eigenvalue weighted by molar-refractivity contribution is -0.355.